The number of hydrogen-bond donors (Lipinski definition) is 1. The number of carbonyl (C=O) groups excluding carboxylic acids is 1. The number of hydrogen-bond acceptors (Lipinski definition) is 6. The molecule has 0 bridgehead atoms. The topological polar surface area (TPSA) is 84.7 Å². The number of carbonyl (C=O) groups is 1. The molecule has 1 fully saturated rings. The zero-order valence-electron chi connectivity index (χ0n) is 15.2. The molecule has 27 heavy (non-hydrogen) atoms. The van der Waals surface area contributed by atoms with Gasteiger partial charge in [-0.25, -0.2) is 4.98 Å². The number of anilines is 1. The van der Waals surface area contributed by atoms with Gasteiger partial charge in [-0.05, 0) is 18.9 Å². The van der Waals surface area contributed by atoms with Crippen molar-refractivity contribution in [2.24, 2.45) is 0 Å². The molecule has 1 saturated heterocycles. The van der Waals surface area contributed by atoms with Crippen LogP contribution in [0.15, 0.2) is 42.7 Å². The van der Waals surface area contributed by atoms with Crippen molar-refractivity contribution in [3.63, 3.8) is 0 Å². The molecular weight excluding hydrogens is 344 g/mol. The molecule has 2 aromatic heterocycles. The van der Waals surface area contributed by atoms with Crippen LogP contribution < -0.4 is 10.2 Å². The van der Waals surface area contributed by atoms with E-state index in [4.69, 9.17) is 4.74 Å². The van der Waals surface area contributed by atoms with E-state index in [1.54, 1.807) is 6.20 Å². The molecule has 1 aliphatic heterocycles. The fourth-order valence-electron chi connectivity index (χ4n) is 3.33. The second-order valence-electron chi connectivity index (χ2n) is 6.67. The third kappa shape index (κ3) is 3.90. The minimum atomic E-state index is -0.0951. The lowest BCUT2D eigenvalue weighted by atomic mass is 10.2. The highest BCUT2D eigenvalue weighted by Crippen LogP contribution is 2.22. The Balaban J connectivity index is 1.30. The van der Waals surface area contributed by atoms with Crippen molar-refractivity contribution < 1.29 is 9.53 Å². The highest BCUT2D eigenvalue weighted by Gasteiger charge is 2.27. The molecule has 1 amide bonds. The van der Waals surface area contributed by atoms with Gasteiger partial charge in [0.2, 0.25) is 11.6 Å². The van der Waals surface area contributed by atoms with Crippen LogP contribution in [0.3, 0.4) is 0 Å². The molecule has 8 nitrogen and oxygen atoms in total. The maximum atomic E-state index is 12.2. The van der Waals surface area contributed by atoms with Gasteiger partial charge in [-0.1, -0.05) is 30.3 Å². The summed E-state index contributed by atoms with van der Waals surface area (Å²) in [5, 5.41) is 11.4. The molecule has 3 heterocycles. The number of fused-ring (bicyclic) bond motifs is 1. The Kier molecular flexibility index (Phi) is 4.97. The van der Waals surface area contributed by atoms with Crippen LogP contribution in [0.25, 0.3) is 5.65 Å². The molecule has 0 aliphatic carbocycles. The minimum absolute atomic E-state index is 0.0581. The molecule has 4 rings (SSSR count). The first-order valence-corrected chi connectivity index (χ1v) is 9.03. The molecule has 1 atom stereocenters. The molecule has 1 aliphatic rings. The molecule has 0 radical (unpaired) electrons. The molecule has 140 valence electrons. The third-order valence-corrected chi connectivity index (χ3v) is 4.68. The quantitative estimate of drug-likeness (QED) is 0.709. The van der Waals surface area contributed by atoms with Gasteiger partial charge in [0.15, 0.2) is 5.82 Å². The molecule has 1 N–H and O–H groups in total. The van der Waals surface area contributed by atoms with Gasteiger partial charge in [0, 0.05) is 31.5 Å². The van der Waals surface area contributed by atoms with E-state index in [9.17, 15) is 4.79 Å². The second-order valence-corrected chi connectivity index (χ2v) is 6.67. The first-order chi connectivity index (χ1) is 13.2. The number of rotatable bonds is 6. The van der Waals surface area contributed by atoms with Crippen LogP contribution in [-0.4, -0.2) is 51.2 Å². The van der Waals surface area contributed by atoms with Crippen molar-refractivity contribution in [3.8, 4) is 0 Å². The van der Waals surface area contributed by atoms with Crippen molar-refractivity contribution in [2.75, 3.05) is 24.6 Å². The van der Waals surface area contributed by atoms with E-state index < -0.39 is 0 Å². The molecule has 8 heteroatoms. The first-order valence-electron chi connectivity index (χ1n) is 9.03. The van der Waals surface area contributed by atoms with Crippen LogP contribution in [0, 0.1) is 6.92 Å². The van der Waals surface area contributed by atoms with Crippen molar-refractivity contribution in [1.82, 2.24) is 24.9 Å². The van der Waals surface area contributed by atoms with E-state index >= 15 is 0 Å². The fraction of sp³-hybridized carbons (Fsp3) is 0.368. The number of aryl methyl sites for hydroxylation is 1. The number of amides is 1. The Morgan fingerprint density at radius 3 is 3.00 bits per heavy atom. The standard InChI is InChI=1S/C19H22N6O2/c1-14-22-23-19-18(20-8-10-25(14)19)24-9-7-16(11-24)21-17(26)13-27-12-15-5-3-2-4-6-15/h2-6,8,10,16H,7,9,11-13H2,1H3,(H,21,26)/t16-/m0/s1. The Morgan fingerprint density at radius 2 is 2.15 bits per heavy atom. The van der Waals surface area contributed by atoms with Crippen molar-refractivity contribution in [3.05, 3.63) is 54.1 Å². The van der Waals surface area contributed by atoms with Gasteiger partial charge in [0.05, 0.1) is 6.61 Å². The predicted molar refractivity (Wildman–Crippen MR) is 100 cm³/mol. The van der Waals surface area contributed by atoms with Crippen LogP contribution in [0.2, 0.25) is 0 Å². The van der Waals surface area contributed by atoms with E-state index in [-0.39, 0.29) is 18.6 Å². The lowest BCUT2D eigenvalue weighted by Crippen LogP contribution is -2.39. The Hall–Kier alpha value is -3.00. The lowest BCUT2D eigenvalue weighted by Gasteiger charge is -2.18. The van der Waals surface area contributed by atoms with E-state index in [2.05, 4.69) is 25.4 Å². The Bertz CT molecular complexity index is 926. The summed E-state index contributed by atoms with van der Waals surface area (Å²) in [6, 6.07) is 9.90. The van der Waals surface area contributed by atoms with Gasteiger partial charge in [0.25, 0.3) is 0 Å². The van der Waals surface area contributed by atoms with Gasteiger partial charge in [0.1, 0.15) is 12.4 Å². The van der Waals surface area contributed by atoms with Crippen LogP contribution in [-0.2, 0) is 16.1 Å². The van der Waals surface area contributed by atoms with Gasteiger partial charge in [-0.15, -0.1) is 10.2 Å². The summed E-state index contributed by atoms with van der Waals surface area (Å²) < 4.78 is 7.43. The molecule has 0 spiro atoms. The van der Waals surface area contributed by atoms with Crippen LogP contribution >= 0.6 is 0 Å². The normalized spacial score (nSPS) is 16.8. The zero-order valence-corrected chi connectivity index (χ0v) is 15.2. The largest absolute Gasteiger partial charge is 0.367 e. The second kappa shape index (κ2) is 7.71. The molecular formula is C19H22N6O2. The summed E-state index contributed by atoms with van der Waals surface area (Å²) >= 11 is 0. The third-order valence-electron chi connectivity index (χ3n) is 4.68. The maximum absolute atomic E-state index is 12.2. The predicted octanol–water partition coefficient (Wildman–Crippen LogP) is 1.34. The summed E-state index contributed by atoms with van der Waals surface area (Å²) in [4.78, 5) is 18.8. The SMILES string of the molecule is Cc1nnc2c(N3CC[C@H](NC(=O)COCc4ccccc4)C3)nccn12. The molecule has 3 aromatic rings. The summed E-state index contributed by atoms with van der Waals surface area (Å²) in [7, 11) is 0. The van der Waals surface area contributed by atoms with E-state index in [0.29, 0.717) is 13.2 Å². The molecule has 0 saturated carbocycles. The number of nitrogens with zero attached hydrogens (tertiary/aromatic N) is 5. The van der Waals surface area contributed by atoms with Crippen LogP contribution in [0.4, 0.5) is 5.82 Å². The van der Waals surface area contributed by atoms with E-state index in [0.717, 1.165) is 35.8 Å². The Morgan fingerprint density at radius 1 is 1.30 bits per heavy atom. The average Bonchev–Trinajstić information content (AvgIpc) is 3.30. The number of ether oxygens (including phenoxy) is 1. The van der Waals surface area contributed by atoms with E-state index in [1.807, 2.05) is 47.9 Å². The number of benzene rings is 1. The van der Waals surface area contributed by atoms with Gasteiger partial charge >= 0.3 is 0 Å². The van der Waals surface area contributed by atoms with Gasteiger partial charge in [-0.3, -0.25) is 9.20 Å². The highest BCUT2D eigenvalue weighted by molar-refractivity contribution is 5.77. The summed E-state index contributed by atoms with van der Waals surface area (Å²) in [5.74, 6) is 1.53. The number of nitrogens with one attached hydrogen (secondary N) is 1. The van der Waals surface area contributed by atoms with Crippen LogP contribution in [0.1, 0.15) is 17.8 Å². The summed E-state index contributed by atoms with van der Waals surface area (Å²) in [5.41, 5.74) is 1.80. The fourth-order valence-corrected chi connectivity index (χ4v) is 3.33. The first kappa shape index (κ1) is 17.4. The smallest absolute Gasteiger partial charge is 0.246 e. The molecule has 1 aromatic carbocycles. The molecule has 0 unspecified atom stereocenters. The number of aromatic nitrogens is 4. The van der Waals surface area contributed by atoms with Gasteiger partial charge < -0.3 is 15.0 Å². The minimum Gasteiger partial charge on any atom is -0.367 e. The van der Waals surface area contributed by atoms with Crippen molar-refractivity contribution in [1.29, 1.82) is 0 Å². The Labute approximate surface area is 157 Å². The average molecular weight is 366 g/mol. The van der Waals surface area contributed by atoms with Crippen molar-refractivity contribution in [2.45, 2.75) is 26.0 Å². The lowest BCUT2D eigenvalue weighted by molar-refractivity contribution is -0.126. The van der Waals surface area contributed by atoms with Gasteiger partial charge in [-0.2, -0.15) is 0 Å². The van der Waals surface area contributed by atoms with Crippen LogP contribution in [0.5, 0.6) is 0 Å². The highest BCUT2D eigenvalue weighted by atomic mass is 16.5. The summed E-state index contributed by atoms with van der Waals surface area (Å²) in [6.07, 6.45) is 4.47. The van der Waals surface area contributed by atoms with Crippen molar-refractivity contribution >= 4 is 17.4 Å². The summed E-state index contributed by atoms with van der Waals surface area (Å²) in [6.45, 7) is 3.91. The van der Waals surface area contributed by atoms with E-state index in [1.165, 1.54) is 0 Å². The maximum Gasteiger partial charge on any atom is 0.246 e. The monoisotopic (exact) mass is 366 g/mol. The zero-order chi connectivity index (χ0) is 18.6.